The molecule has 4 rings (SSSR count). The van der Waals surface area contributed by atoms with Gasteiger partial charge in [-0.3, -0.25) is 0 Å². The molecule has 2 atom stereocenters. The lowest BCUT2D eigenvalue weighted by Gasteiger charge is -2.35. The number of alkyl halides is 6. The molecule has 0 saturated heterocycles. The number of fused-ring (bicyclic) bond motifs is 1. The van der Waals surface area contributed by atoms with Crippen molar-refractivity contribution in [3.8, 4) is 0 Å². The molecule has 35 heavy (non-hydrogen) atoms. The zero-order valence-electron chi connectivity index (χ0n) is 18.8. The Balaban J connectivity index is 1.87. The van der Waals surface area contributed by atoms with Crippen LogP contribution in [0.25, 0.3) is 6.08 Å². The van der Waals surface area contributed by atoms with Gasteiger partial charge in [-0.15, -0.1) is 0 Å². The van der Waals surface area contributed by atoms with E-state index in [9.17, 15) is 31.4 Å². The highest BCUT2D eigenvalue weighted by molar-refractivity contribution is 5.66. The summed E-state index contributed by atoms with van der Waals surface area (Å²) in [5.41, 5.74) is -2.46. The van der Waals surface area contributed by atoms with E-state index in [0.717, 1.165) is 22.8 Å². The first-order valence-corrected chi connectivity index (χ1v) is 10.7. The summed E-state index contributed by atoms with van der Waals surface area (Å²) >= 11 is 0. The van der Waals surface area contributed by atoms with Crippen LogP contribution in [0.2, 0.25) is 0 Å². The van der Waals surface area contributed by atoms with Crippen LogP contribution in [-0.2, 0) is 12.0 Å². The number of aromatic nitrogens is 1. The molecule has 0 fully saturated rings. The lowest BCUT2D eigenvalue weighted by molar-refractivity contribution is -0.376. The molecule has 0 saturated carbocycles. The van der Waals surface area contributed by atoms with Crippen LogP contribution in [0, 0.1) is 6.92 Å². The van der Waals surface area contributed by atoms with Gasteiger partial charge in [-0.1, -0.05) is 48.6 Å². The number of halogens is 6. The Labute approximate surface area is 197 Å². The minimum atomic E-state index is -5.95. The number of nitrogens with zero attached hydrogens (tertiary/aromatic N) is 2. The molecule has 4 nitrogen and oxygen atoms in total. The van der Waals surface area contributed by atoms with Crippen molar-refractivity contribution in [2.24, 2.45) is 0 Å². The van der Waals surface area contributed by atoms with Crippen molar-refractivity contribution in [1.29, 1.82) is 0 Å². The fourth-order valence-electron chi connectivity index (χ4n) is 4.69. The predicted octanol–water partition coefficient (Wildman–Crippen LogP) is 6.48. The highest BCUT2D eigenvalue weighted by Gasteiger charge is 2.71. The van der Waals surface area contributed by atoms with Crippen LogP contribution in [0.4, 0.5) is 32.0 Å². The summed E-state index contributed by atoms with van der Waals surface area (Å²) in [7, 11) is 0. The number of oxazole rings is 1. The number of benzene rings is 2. The summed E-state index contributed by atoms with van der Waals surface area (Å²) in [5, 5.41) is 9.85. The third kappa shape index (κ3) is 3.99. The predicted molar refractivity (Wildman–Crippen MR) is 118 cm³/mol. The molecule has 1 aromatic heterocycles. The number of aryl methyl sites for hydroxylation is 1. The number of rotatable bonds is 5. The summed E-state index contributed by atoms with van der Waals surface area (Å²) < 4.78 is 85.8. The molecular formula is C25H22F6N2O2. The molecule has 0 radical (unpaired) electrons. The summed E-state index contributed by atoms with van der Waals surface area (Å²) in [6.07, 6.45) is -7.36. The molecule has 0 amide bonds. The summed E-state index contributed by atoms with van der Waals surface area (Å²) in [6, 6.07) is 7.49. The second kappa shape index (κ2) is 8.44. The van der Waals surface area contributed by atoms with Crippen LogP contribution in [0.5, 0.6) is 0 Å². The van der Waals surface area contributed by atoms with Gasteiger partial charge in [0.25, 0.3) is 5.60 Å². The van der Waals surface area contributed by atoms with Crippen LogP contribution in [0.15, 0.2) is 60.1 Å². The molecule has 0 spiro atoms. The highest BCUT2D eigenvalue weighted by Crippen LogP contribution is 2.52. The molecule has 3 aromatic rings. The molecule has 1 aliphatic heterocycles. The first-order chi connectivity index (χ1) is 16.3. The Bertz CT molecular complexity index is 1220. The number of hydrogen-bond acceptors (Lipinski definition) is 4. The quantitative estimate of drug-likeness (QED) is 0.411. The Kier molecular flexibility index (Phi) is 5.99. The number of hydrogen-bond donors (Lipinski definition) is 1. The standard InChI is InChI=1S/C25H22F6N2O2/c1-4-16-9-14(2)5-7-19(16)22(20-12-35-13-32-20)33-15(3)10-17-11-18(6-8-21(17)33)23(34,24(26,27)28)25(29,30)31/h4-9,11-13,15,22,34H,1,10H2,2-3H3. The fraction of sp³-hybridized carbons (Fsp3) is 0.320. The van der Waals surface area contributed by atoms with Crippen molar-refractivity contribution in [2.45, 2.75) is 50.3 Å². The normalized spacial score (nSPS) is 17.4. The van der Waals surface area contributed by atoms with Gasteiger partial charge in [0.15, 0.2) is 6.39 Å². The van der Waals surface area contributed by atoms with Gasteiger partial charge >= 0.3 is 12.4 Å². The molecule has 2 unspecified atom stereocenters. The van der Waals surface area contributed by atoms with Crippen molar-refractivity contribution in [3.63, 3.8) is 0 Å². The summed E-state index contributed by atoms with van der Waals surface area (Å²) in [4.78, 5) is 6.17. The van der Waals surface area contributed by atoms with Crippen LogP contribution >= 0.6 is 0 Å². The lowest BCUT2D eigenvalue weighted by Crippen LogP contribution is -2.53. The maximum absolute atomic E-state index is 13.4. The Morgan fingerprint density at radius 1 is 1.11 bits per heavy atom. The molecule has 1 aliphatic rings. The van der Waals surface area contributed by atoms with Gasteiger partial charge in [-0.2, -0.15) is 26.3 Å². The van der Waals surface area contributed by atoms with E-state index in [-0.39, 0.29) is 18.0 Å². The summed E-state index contributed by atoms with van der Waals surface area (Å²) in [6.45, 7) is 7.60. The van der Waals surface area contributed by atoms with Gasteiger partial charge in [0.05, 0.1) is 0 Å². The van der Waals surface area contributed by atoms with E-state index in [4.69, 9.17) is 4.42 Å². The minimum Gasteiger partial charge on any atom is -0.451 e. The number of anilines is 1. The van der Waals surface area contributed by atoms with Crippen LogP contribution in [0.3, 0.4) is 0 Å². The Morgan fingerprint density at radius 2 is 1.80 bits per heavy atom. The SMILES string of the molecule is C=Cc1cc(C)ccc1C(c1cocn1)N1c2ccc(C(O)(C(F)(F)F)C(F)(F)F)cc2CC1C. The van der Waals surface area contributed by atoms with Crippen molar-refractivity contribution in [1.82, 2.24) is 4.98 Å². The Hall–Kier alpha value is -3.27. The van der Waals surface area contributed by atoms with E-state index in [1.165, 1.54) is 18.7 Å². The van der Waals surface area contributed by atoms with Gasteiger partial charge in [0.2, 0.25) is 0 Å². The molecule has 1 N–H and O–H groups in total. The third-order valence-corrected chi connectivity index (χ3v) is 6.35. The number of aliphatic hydroxyl groups is 1. The monoisotopic (exact) mass is 496 g/mol. The van der Waals surface area contributed by atoms with Gasteiger partial charge in [0, 0.05) is 17.3 Å². The van der Waals surface area contributed by atoms with Gasteiger partial charge in [-0.25, -0.2) is 4.98 Å². The lowest BCUT2D eigenvalue weighted by atomic mass is 9.90. The van der Waals surface area contributed by atoms with Crippen molar-refractivity contribution < 1.29 is 35.9 Å². The van der Waals surface area contributed by atoms with Gasteiger partial charge in [0.1, 0.15) is 18.0 Å². The van der Waals surface area contributed by atoms with Crippen LogP contribution in [-0.4, -0.2) is 28.5 Å². The topological polar surface area (TPSA) is 49.5 Å². The van der Waals surface area contributed by atoms with E-state index in [2.05, 4.69) is 11.6 Å². The van der Waals surface area contributed by atoms with Crippen LogP contribution in [0.1, 0.15) is 46.5 Å². The first kappa shape index (κ1) is 24.8. The zero-order valence-corrected chi connectivity index (χ0v) is 18.8. The van der Waals surface area contributed by atoms with Gasteiger partial charge in [-0.05, 0) is 43.0 Å². The molecule has 186 valence electrons. The molecule has 10 heteroatoms. The van der Waals surface area contributed by atoms with Crippen molar-refractivity contribution in [3.05, 3.63) is 89.1 Å². The summed E-state index contributed by atoms with van der Waals surface area (Å²) in [5.74, 6) is 0. The first-order valence-electron chi connectivity index (χ1n) is 10.7. The van der Waals surface area contributed by atoms with E-state index in [1.54, 1.807) is 6.08 Å². The Morgan fingerprint density at radius 3 is 2.37 bits per heavy atom. The van der Waals surface area contributed by atoms with Crippen LogP contribution < -0.4 is 4.90 Å². The maximum atomic E-state index is 13.4. The average Bonchev–Trinajstić information content (AvgIpc) is 3.40. The molecule has 0 bridgehead atoms. The van der Waals surface area contributed by atoms with Crippen molar-refractivity contribution >= 4 is 11.8 Å². The maximum Gasteiger partial charge on any atom is 0.430 e. The molecule has 2 aromatic carbocycles. The fourth-order valence-corrected chi connectivity index (χ4v) is 4.69. The largest absolute Gasteiger partial charge is 0.451 e. The molecule has 2 heterocycles. The zero-order chi connectivity index (χ0) is 25.8. The van der Waals surface area contributed by atoms with E-state index >= 15 is 0 Å². The van der Waals surface area contributed by atoms with Gasteiger partial charge < -0.3 is 14.4 Å². The minimum absolute atomic E-state index is 0.165. The third-order valence-electron chi connectivity index (χ3n) is 6.35. The highest BCUT2D eigenvalue weighted by atomic mass is 19.4. The van der Waals surface area contributed by atoms with Crippen molar-refractivity contribution in [2.75, 3.05) is 4.90 Å². The smallest absolute Gasteiger partial charge is 0.430 e. The average molecular weight is 496 g/mol. The van der Waals surface area contributed by atoms with E-state index in [1.807, 2.05) is 36.9 Å². The van der Waals surface area contributed by atoms with E-state index < -0.39 is 29.6 Å². The second-order valence-corrected chi connectivity index (χ2v) is 8.66. The molecule has 0 aliphatic carbocycles. The second-order valence-electron chi connectivity index (χ2n) is 8.66. The molecular weight excluding hydrogens is 474 g/mol. The van der Waals surface area contributed by atoms with E-state index in [0.29, 0.717) is 17.4 Å².